The standard InChI is InChI=1S/C14H16ClN5O/c1-10-3-2-6-19(8-10)14(21)12-7-11(15)4-5-13(12)20-9-16-17-18-20/h4-5,7,9-10H,2-3,6,8H2,1H3. The first kappa shape index (κ1) is 14.0. The minimum atomic E-state index is -0.0189. The first-order valence-electron chi connectivity index (χ1n) is 6.97. The third kappa shape index (κ3) is 2.90. The smallest absolute Gasteiger partial charge is 0.256 e. The molecule has 0 saturated carbocycles. The van der Waals surface area contributed by atoms with Crippen molar-refractivity contribution in [2.24, 2.45) is 5.92 Å². The van der Waals surface area contributed by atoms with Crippen molar-refractivity contribution in [3.05, 3.63) is 35.1 Å². The predicted octanol–water partition coefficient (Wildman–Crippen LogP) is 2.19. The van der Waals surface area contributed by atoms with Crippen molar-refractivity contribution < 1.29 is 4.79 Å². The maximum absolute atomic E-state index is 12.8. The van der Waals surface area contributed by atoms with Crippen molar-refractivity contribution in [2.45, 2.75) is 19.8 Å². The van der Waals surface area contributed by atoms with E-state index in [1.807, 2.05) is 4.90 Å². The summed E-state index contributed by atoms with van der Waals surface area (Å²) in [4.78, 5) is 14.7. The Hall–Kier alpha value is -1.95. The van der Waals surface area contributed by atoms with Gasteiger partial charge in [0.05, 0.1) is 11.3 Å². The lowest BCUT2D eigenvalue weighted by Gasteiger charge is -2.31. The van der Waals surface area contributed by atoms with Gasteiger partial charge in [-0.25, -0.2) is 0 Å². The van der Waals surface area contributed by atoms with Gasteiger partial charge in [-0.1, -0.05) is 18.5 Å². The van der Waals surface area contributed by atoms with Crippen LogP contribution in [0.4, 0.5) is 0 Å². The second-order valence-electron chi connectivity index (χ2n) is 5.41. The number of carbonyl (C=O) groups excluding carboxylic acids is 1. The Morgan fingerprint density at radius 3 is 3.00 bits per heavy atom. The first-order chi connectivity index (χ1) is 10.1. The molecule has 1 amide bonds. The number of likely N-dealkylation sites (tertiary alicyclic amines) is 1. The van der Waals surface area contributed by atoms with Crippen LogP contribution in [-0.4, -0.2) is 44.1 Å². The lowest BCUT2D eigenvalue weighted by molar-refractivity contribution is 0.0683. The fourth-order valence-corrected chi connectivity index (χ4v) is 2.87. The highest BCUT2D eigenvalue weighted by Gasteiger charge is 2.24. The molecule has 110 valence electrons. The number of hydrogen-bond donors (Lipinski definition) is 0. The molecule has 6 nitrogen and oxygen atoms in total. The van der Waals surface area contributed by atoms with E-state index >= 15 is 0 Å². The molecule has 3 rings (SSSR count). The molecule has 21 heavy (non-hydrogen) atoms. The molecule has 1 aromatic heterocycles. The van der Waals surface area contributed by atoms with Crippen LogP contribution in [0.3, 0.4) is 0 Å². The van der Waals surface area contributed by atoms with E-state index in [1.54, 1.807) is 18.2 Å². The van der Waals surface area contributed by atoms with Crippen LogP contribution < -0.4 is 0 Å². The van der Waals surface area contributed by atoms with Crippen molar-refractivity contribution in [1.29, 1.82) is 0 Å². The molecule has 1 atom stereocenters. The van der Waals surface area contributed by atoms with Crippen molar-refractivity contribution in [3.8, 4) is 5.69 Å². The van der Waals surface area contributed by atoms with Crippen molar-refractivity contribution in [2.75, 3.05) is 13.1 Å². The summed E-state index contributed by atoms with van der Waals surface area (Å²) in [5, 5.41) is 11.6. The van der Waals surface area contributed by atoms with Crippen LogP contribution in [0.2, 0.25) is 5.02 Å². The molecule has 7 heteroatoms. The van der Waals surface area contributed by atoms with Gasteiger partial charge < -0.3 is 4.90 Å². The summed E-state index contributed by atoms with van der Waals surface area (Å²) in [6, 6.07) is 5.17. The predicted molar refractivity (Wildman–Crippen MR) is 78.5 cm³/mol. The van der Waals surface area contributed by atoms with Crippen LogP contribution >= 0.6 is 11.6 Å². The number of tetrazole rings is 1. The molecule has 1 aliphatic rings. The van der Waals surface area contributed by atoms with Gasteiger partial charge in [-0.3, -0.25) is 4.79 Å². The minimum absolute atomic E-state index is 0.0189. The fraction of sp³-hybridized carbons (Fsp3) is 0.429. The topological polar surface area (TPSA) is 63.9 Å². The molecule has 0 spiro atoms. The third-order valence-corrected chi connectivity index (χ3v) is 3.96. The number of amides is 1. The van der Waals surface area contributed by atoms with Crippen LogP contribution in [-0.2, 0) is 0 Å². The number of halogens is 1. The van der Waals surface area contributed by atoms with Gasteiger partial charge in [-0.15, -0.1) is 5.10 Å². The summed E-state index contributed by atoms with van der Waals surface area (Å²) in [6.45, 7) is 3.73. The maximum Gasteiger partial charge on any atom is 0.256 e. The average Bonchev–Trinajstić information content (AvgIpc) is 3.00. The van der Waals surface area contributed by atoms with E-state index in [4.69, 9.17) is 11.6 Å². The lowest BCUT2D eigenvalue weighted by atomic mass is 9.99. The Morgan fingerprint density at radius 2 is 2.29 bits per heavy atom. The van der Waals surface area contributed by atoms with Crippen LogP contribution in [0.25, 0.3) is 5.69 Å². The Labute approximate surface area is 127 Å². The van der Waals surface area contributed by atoms with E-state index in [0.29, 0.717) is 22.2 Å². The van der Waals surface area contributed by atoms with Gasteiger partial charge in [0.1, 0.15) is 6.33 Å². The van der Waals surface area contributed by atoms with E-state index in [1.165, 1.54) is 17.4 Å². The van der Waals surface area contributed by atoms with Gasteiger partial charge in [0.2, 0.25) is 0 Å². The minimum Gasteiger partial charge on any atom is -0.338 e. The molecule has 2 heterocycles. The summed E-state index contributed by atoms with van der Waals surface area (Å²) in [5.74, 6) is 0.507. The SMILES string of the molecule is CC1CCCN(C(=O)c2cc(Cl)ccc2-n2cnnn2)C1. The monoisotopic (exact) mass is 305 g/mol. The van der Waals surface area contributed by atoms with Crippen LogP contribution in [0.15, 0.2) is 24.5 Å². The molecule has 1 aliphatic heterocycles. The summed E-state index contributed by atoms with van der Waals surface area (Å²) >= 11 is 6.06. The molecule has 0 bridgehead atoms. The Balaban J connectivity index is 1.97. The summed E-state index contributed by atoms with van der Waals surface area (Å²) < 4.78 is 1.48. The second-order valence-corrected chi connectivity index (χ2v) is 5.85. The van der Waals surface area contributed by atoms with Gasteiger partial charge in [0.15, 0.2) is 0 Å². The Bertz CT molecular complexity index is 643. The van der Waals surface area contributed by atoms with E-state index < -0.39 is 0 Å². The summed E-state index contributed by atoms with van der Waals surface area (Å²) in [6.07, 6.45) is 3.67. The molecule has 1 unspecified atom stereocenters. The van der Waals surface area contributed by atoms with Crippen LogP contribution in [0, 0.1) is 5.92 Å². The zero-order chi connectivity index (χ0) is 14.8. The number of benzene rings is 1. The summed E-state index contributed by atoms with van der Waals surface area (Å²) in [7, 11) is 0. The van der Waals surface area contributed by atoms with Crippen LogP contribution in [0.5, 0.6) is 0 Å². The normalized spacial score (nSPS) is 18.8. The Morgan fingerprint density at radius 1 is 1.43 bits per heavy atom. The zero-order valence-electron chi connectivity index (χ0n) is 11.7. The maximum atomic E-state index is 12.8. The van der Waals surface area contributed by atoms with E-state index in [0.717, 1.165) is 19.5 Å². The molecule has 1 fully saturated rings. The van der Waals surface area contributed by atoms with Gasteiger partial charge in [0, 0.05) is 18.1 Å². The van der Waals surface area contributed by atoms with E-state index in [-0.39, 0.29) is 5.91 Å². The van der Waals surface area contributed by atoms with Gasteiger partial charge in [-0.2, -0.15) is 4.68 Å². The average molecular weight is 306 g/mol. The van der Waals surface area contributed by atoms with Crippen molar-refractivity contribution >= 4 is 17.5 Å². The number of rotatable bonds is 2. The molecule has 0 aliphatic carbocycles. The highest BCUT2D eigenvalue weighted by atomic mass is 35.5. The molecule has 2 aromatic rings. The van der Waals surface area contributed by atoms with Gasteiger partial charge in [0.25, 0.3) is 5.91 Å². The largest absolute Gasteiger partial charge is 0.338 e. The van der Waals surface area contributed by atoms with E-state index in [9.17, 15) is 4.79 Å². The molecule has 1 saturated heterocycles. The third-order valence-electron chi connectivity index (χ3n) is 3.73. The number of nitrogens with zero attached hydrogens (tertiary/aromatic N) is 5. The van der Waals surface area contributed by atoms with Gasteiger partial charge in [-0.05, 0) is 47.4 Å². The molecule has 0 radical (unpaired) electrons. The molecule has 1 aromatic carbocycles. The molecular weight excluding hydrogens is 290 g/mol. The van der Waals surface area contributed by atoms with Crippen molar-refractivity contribution in [3.63, 3.8) is 0 Å². The number of carbonyl (C=O) groups is 1. The quantitative estimate of drug-likeness (QED) is 0.853. The fourth-order valence-electron chi connectivity index (χ4n) is 2.70. The zero-order valence-corrected chi connectivity index (χ0v) is 12.5. The first-order valence-corrected chi connectivity index (χ1v) is 7.35. The van der Waals surface area contributed by atoms with E-state index in [2.05, 4.69) is 22.4 Å². The van der Waals surface area contributed by atoms with Crippen LogP contribution in [0.1, 0.15) is 30.1 Å². The summed E-state index contributed by atoms with van der Waals surface area (Å²) in [5.41, 5.74) is 1.18. The second kappa shape index (κ2) is 5.81. The highest BCUT2D eigenvalue weighted by molar-refractivity contribution is 6.31. The highest BCUT2D eigenvalue weighted by Crippen LogP contribution is 2.23. The van der Waals surface area contributed by atoms with Gasteiger partial charge >= 0.3 is 0 Å². The molecule has 0 N–H and O–H groups in total. The number of hydrogen-bond acceptors (Lipinski definition) is 4. The Kier molecular flexibility index (Phi) is 3.88. The number of piperidine rings is 1. The molecular formula is C14H16ClN5O. The lowest BCUT2D eigenvalue weighted by Crippen LogP contribution is -2.39. The van der Waals surface area contributed by atoms with Crippen molar-refractivity contribution in [1.82, 2.24) is 25.1 Å². The number of aromatic nitrogens is 4.